The van der Waals surface area contributed by atoms with E-state index in [1.807, 2.05) is 6.08 Å². The molecule has 3 heteroatoms. The summed E-state index contributed by atoms with van der Waals surface area (Å²) in [6.45, 7) is 2.45. The molecule has 92 valence electrons. The molecular weight excluding hydrogens is 202 g/mol. The first-order chi connectivity index (χ1) is 7.83. The third-order valence-electron chi connectivity index (χ3n) is 4.00. The summed E-state index contributed by atoms with van der Waals surface area (Å²) in [7, 11) is 1.67. The summed E-state index contributed by atoms with van der Waals surface area (Å²) in [5.74, 6) is 0.407. The lowest BCUT2D eigenvalue weighted by Crippen LogP contribution is -2.37. The Kier molecular flexibility index (Phi) is 4.24. The summed E-state index contributed by atoms with van der Waals surface area (Å²) in [6, 6.07) is 0.596. The van der Waals surface area contributed by atoms with Gasteiger partial charge in [0.15, 0.2) is 0 Å². The predicted octanol–water partition coefficient (Wildman–Crippen LogP) is 1.77. The topological polar surface area (TPSA) is 32.7 Å². The van der Waals surface area contributed by atoms with Gasteiger partial charge in [0.25, 0.3) is 0 Å². The molecule has 2 aliphatic rings. The van der Waals surface area contributed by atoms with E-state index >= 15 is 0 Å². The summed E-state index contributed by atoms with van der Waals surface area (Å²) >= 11 is 0. The number of rotatable bonds is 4. The molecule has 1 aliphatic carbocycles. The maximum Gasteiger partial charge on any atom is 0.0784 e. The maximum atomic E-state index is 10.0. The monoisotopic (exact) mass is 225 g/mol. The van der Waals surface area contributed by atoms with Gasteiger partial charge in [-0.1, -0.05) is 0 Å². The van der Waals surface area contributed by atoms with E-state index in [1.54, 1.807) is 13.4 Å². The van der Waals surface area contributed by atoms with Gasteiger partial charge in [-0.05, 0) is 51.3 Å². The number of hydrogen-bond donors (Lipinski definition) is 1. The first-order valence-corrected chi connectivity index (χ1v) is 6.43. The van der Waals surface area contributed by atoms with Crippen LogP contribution in [0, 0.1) is 5.92 Å². The third kappa shape index (κ3) is 2.58. The molecule has 0 aromatic carbocycles. The number of aliphatic hydroxyl groups excluding tert-OH is 1. The molecule has 1 aliphatic heterocycles. The van der Waals surface area contributed by atoms with Gasteiger partial charge >= 0.3 is 0 Å². The fraction of sp³-hybridized carbons (Fsp3) is 0.846. The molecule has 0 amide bonds. The summed E-state index contributed by atoms with van der Waals surface area (Å²) < 4.78 is 4.92. The largest absolute Gasteiger partial charge is 0.505 e. The van der Waals surface area contributed by atoms with Crippen molar-refractivity contribution in [2.24, 2.45) is 5.92 Å². The molecule has 2 rings (SSSR count). The average Bonchev–Trinajstić information content (AvgIpc) is 2.89. The van der Waals surface area contributed by atoms with Crippen molar-refractivity contribution < 1.29 is 9.84 Å². The zero-order valence-corrected chi connectivity index (χ0v) is 10.1. The molecule has 0 bridgehead atoms. The number of ether oxygens (including phenoxy) is 1. The normalized spacial score (nSPS) is 36.2. The number of hydrogen-bond acceptors (Lipinski definition) is 3. The number of likely N-dealkylation sites (tertiary alicyclic amines) is 1. The Labute approximate surface area is 98.1 Å². The first-order valence-electron chi connectivity index (χ1n) is 6.43. The van der Waals surface area contributed by atoms with E-state index in [9.17, 15) is 5.11 Å². The summed E-state index contributed by atoms with van der Waals surface area (Å²) in [6.07, 6.45) is 9.37. The van der Waals surface area contributed by atoms with Crippen LogP contribution in [0.4, 0.5) is 0 Å². The van der Waals surface area contributed by atoms with Gasteiger partial charge in [0.05, 0.1) is 19.5 Å². The second kappa shape index (κ2) is 5.69. The minimum Gasteiger partial charge on any atom is -0.505 e. The Hall–Kier alpha value is -0.540. The molecule has 2 fully saturated rings. The molecule has 1 saturated heterocycles. The zero-order valence-electron chi connectivity index (χ0n) is 10.1. The van der Waals surface area contributed by atoms with E-state index in [0.29, 0.717) is 12.0 Å². The van der Waals surface area contributed by atoms with Gasteiger partial charge in [-0.25, -0.2) is 0 Å². The summed E-state index contributed by atoms with van der Waals surface area (Å²) in [4.78, 5) is 2.57. The Morgan fingerprint density at radius 1 is 1.31 bits per heavy atom. The van der Waals surface area contributed by atoms with Crippen LogP contribution in [0.15, 0.2) is 12.3 Å². The van der Waals surface area contributed by atoms with Crippen molar-refractivity contribution in [3.63, 3.8) is 0 Å². The van der Waals surface area contributed by atoms with E-state index < -0.39 is 0 Å². The fourth-order valence-corrected chi connectivity index (χ4v) is 3.18. The van der Waals surface area contributed by atoms with Gasteiger partial charge in [0.1, 0.15) is 0 Å². The first kappa shape index (κ1) is 11.9. The SMILES string of the molecule is COC=CCC1C(O)CCC1N1CCCC1. The lowest BCUT2D eigenvalue weighted by atomic mass is 9.96. The third-order valence-corrected chi connectivity index (χ3v) is 4.00. The highest BCUT2D eigenvalue weighted by molar-refractivity contribution is 4.95. The molecule has 0 radical (unpaired) electrons. The van der Waals surface area contributed by atoms with Crippen molar-refractivity contribution in [2.45, 2.75) is 44.2 Å². The van der Waals surface area contributed by atoms with Crippen LogP contribution in [0.2, 0.25) is 0 Å². The highest BCUT2D eigenvalue weighted by atomic mass is 16.5. The Bertz CT molecular complexity index is 236. The molecule has 3 unspecified atom stereocenters. The smallest absolute Gasteiger partial charge is 0.0784 e. The van der Waals surface area contributed by atoms with Crippen molar-refractivity contribution in [2.75, 3.05) is 20.2 Å². The number of nitrogens with zero attached hydrogens (tertiary/aromatic N) is 1. The standard InChI is InChI=1S/C13H23NO2/c1-16-10-4-5-11-12(6-7-13(11)15)14-8-2-3-9-14/h4,10-13,15H,2-3,5-9H2,1H3. The van der Waals surface area contributed by atoms with Gasteiger partial charge in [-0.3, -0.25) is 4.90 Å². The van der Waals surface area contributed by atoms with E-state index in [0.717, 1.165) is 19.3 Å². The maximum absolute atomic E-state index is 10.0. The number of allylic oxidation sites excluding steroid dienone is 1. The summed E-state index contributed by atoms with van der Waals surface area (Å²) in [5, 5.41) is 10.0. The van der Waals surface area contributed by atoms with Crippen LogP contribution in [0.5, 0.6) is 0 Å². The number of aliphatic hydroxyl groups is 1. The molecule has 0 spiro atoms. The van der Waals surface area contributed by atoms with E-state index in [4.69, 9.17) is 4.74 Å². The van der Waals surface area contributed by atoms with Crippen LogP contribution in [-0.2, 0) is 4.74 Å². The van der Waals surface area contributed by atoms with Crippen LogP contribution in [0.1, 0.15) is 32.1 Å². The van der Waals surface area contributed by atoms with Gasteiger partial charge in [0, 0.05) is 12.0 Å². The molecule has 0 aromatic rings. The fourth-order valence-electron chi connectivity index (χ4n) is 3.18. The molecule has 3 atom stereocenters. The van der Waals surface area contributed by atoms with Crippen molar-refractivity contribution >= 4 is 0 Å². The molecule has 3 nitrogen and oxygen atoms in total. The molecule has 0 aromatic heterocycles. The molecule has 16 heavy (non-hydrogen) atoms. The van der Waals surface area contributed by atoms with Crippen molar-refractivity contribution in [3.8, 4) is 0 Å². The van der Waals surface area contributed by atoms with Gasteiger partial charge < -0.3 is 9.84 Å². The Morgan fingerprint density at radius 3 is 2.75 bits per heavy atom. The quantitative estimate of drug-likeness (QED) is 0.740. The van der Waals surface area contributed by atoms with Gasteiger partial charge in [-0.2, -0.15) is 0 Å². The van der Waals surface area contributed by atoms with E-state index in [1.165, 1.54) is 25.9 Å². The predicted molar refractivity (Wildman–Crippen MR) is 64.1 cm³/mol. The van der Waals surface area contributed by atoms with Crippen molar-refractivity contribution in [3.05, 3.63) is 12.3 Å². The van der Waals surface area contributed by atoms with Gasteiger partial charge in [-0.15, -0.1) is 0 Å². The zero-order chi connectivity index (χ0) is 11.4. The summed E-state index contributed by atoms with van der Waals surface area (Å²) in [5.41, 5.74) is 0. The highest BCUT2D eigenvalue weighted by Crippen LogP contribution is 2.34. The molecular formula is C13H23NO2. The Balaban J connectivity index is 1.92. The van der Waals surface area contributed by atoms with Crippen LogP contribution < -0.4 is 0 Å². The molecule has 1 saturated carbocycles. The lowest BCUT2D eigenvalue weighted by Gasteiger charge is -2.29. The molecule has 1 N–H and O–H groups in total. The molecule has 1 heterocycles. The Morgan fingerprint density at radius 2 is 2.06 bits per heavy atom. The van der Waals surface area contributed by atoms with E-state index in [2.05, 4.69) is 4.90 Å². The van der Waals surface area contributed by atoms with Crippen LogP contribution in [-0.4, -0.2) is 42.4 Å². The van der Waals surface area contributed by atoms with Crippen LogP contribution in [0.25, 0.3) is 0 Å². The van der Waals surface area contributed by atoms with Gasteiger partial charge in [0.2, 0.25) is 0 Å². The number of methoxy groups -OCH3 is 1. The van der Waals surface area contributed by atoms with Crippen LogP contribution >= 0.6 is 0 Å². The lowest BCUT2D eigenvalue weighted by molar-refractivity contribution is 0.0960. The van der Waals surface area contributed by atoms with Crippen molar-refractivity contribution in [1.29, 1.82) is 0 Å². The van der Waals surface area contributed by atoms with Crippen molar-refractivity contribution in [1.82, 2.24) is 4.90 Å². The second-order valence-electron chi connectivity index (χ2n) is 4.96. The highest BCUT2D eigenvalue weighted by Gasteiger charge is 2.38. The van der Waals surface area contributed by atoms with E-state index in [-0.39, 0.29) is 6.10 Å². The van der Waals surface area contributed by atoms with Crippen LogP contribution in [0.3, 0.4) is 0 Å². The minimum absolute atomic E-state index is 0.118. The second-order valence-corrected chi connectivity index (χ2v) is 4.96. The minimum atomic E-state index is -0.118. The average molecular weight is 225 g/mol.